The van der Waals surface area contributed by atoms with E-state index in [2.05, 4.69) is 6.58 Å². The van der Waals surface area contributed by atoms with Crippen LogP contribution in [0.5, 0.6) is 0 Å². The van der Waals surface area contributed by atoms with Crippen molar-refractivity contribution in [3.05, 3.63) is 12.7 Å². The maximum atomic E-state index is 13.6. The van der Waals surface area contributed by atoms with E-state index in [0.717, 1.165) is 0 Å². The van der Waals surface area contributed by atoms with E-state index in [1.807, 2.05) is 0 Å². The Labute approximate surface area is 152 Å². The molecule has 0 aliphatic heterocycles. The summed E-state index contributed by atoms with van der Waals surface area (Å²) in [7, 11) is -8.67. The highest BCUT2D eigenvalue weighted by molar-refractivity contribution is 7.73. The molecular weight excluding hydrogens is 366 g/mol. The molecule has 0 rings (SSSR count). The lowest BCUT2D eigenvalue weighted by atomic mass is 10.4. The van der Waals surface area contributed by atoms with Gasteiger partial charge in [-0.1, -0.05) is 6.08 Å². The minimum atomic E-state index is -4.33. The fourth-order valence-corrected chi connectivity index (χ4v) is 7.53. The van der Waals surface area contributed by atoms with E-state index < -0.39 is 44.7 Å². The molecule has 0 aromatic heterocycles. The first-order valence-electron chi connectivity index (χ1n) is 8.50. The molecule has 0 aliphatic rings. The van der Waals surface area contributed by atoms with Gasteiger partial charge < -0.3 is 23.2 Å². The fourth-order valence-electron chi connectivity index (χ4n) is 2.06. The van der Waals surface area contributed by atoms with Crippen LogP contribution >= 0.6 is 15.2 Å². The van der Waals surface area contributed by atoms with Gasteiger partial charge in [0.2, 0.25) is 0 Å². The first-order valence-corrected chi connectivity index (χ1v) is 11.6. The Balaban J connectivity index is 6.44. The summed E-state index contributed by atoms with van der Waals surface area (Å²) >= 11 is 0. The van der Waals surface area contributed by atoms with Gasteiger partial charge in [-0.2, -0.15) is 0 Å². The van der Waals surface area contributed by atoms with Gasteiger partial charge in [-0.25, -0.2) is 0 Å². The van der Waals surface area contributed by atoms with Crippen LogP contribution in [-0.2, 0) is 27.2 Å². The van der Waals surface area contributed by atoms with Gasteiger partial charge in [0.05, 0.1) is 24.4 Å². The molecule has 9 heteroatoms. The second kappa shape index (κ2) is 9.80. The fraction of sp³-hybridized carbons (Fsp3) is 0.875. The van der Waals surface area contributed by atoms with Gasteiger partial charge in [0.1, 0.15) is 0 Å². The second-order valence-corrected chi connectivity index (χ2v) is 11.5. The third-order valence-corrected chi connectivity index (χ3v) is 9.08. The van der Waals surface area contributed by atoms with Crippen LogP contribution in [0.15, 0.2) is 12.7 Å². The van der Waals surface area contributed by atoms with Crippen molar-refractivity contribution in [1.29, 1.82) is 0 Å². The van der Waals surface area contributed by atoms with E-state index >= 15 is 0 Å². The number of hydrogen-bond acceptors (Lipinski definition) is 7. The van der Waals surface area contributed by atoms with Crippen LogP contribution in [0.1, 0.15) is 61.8 Å². The quantitative estimate of drug-likeness (QED) is 0.351. The number of aliphatic hydroxyl groups is 1. The first kappa shape index (κ1) is 25.0. The van der Waals surface area contributed by atoms with Crippen LogP contribution in [0.3, 0.4) is 0 Å². The normalized spacial score (nSPS) is 14.1. The Kier molecular flexibility index (Phi) is 9.80. The van der Waals surface area contributed by atoms with Crippen molar-refractivity contribution >= 4 is 15.2 Å². The molecular formula is C16H34O7P2. The third kappa shape index (κ3) is 6.59. The molecule has 0 aromatic rings. The summed E-state index contributed by atoms with van der Waals surface area (Å²) in [6.45, 7) is 16.7. The molecule has 0 aromatic carbocycles. The molecule has 0 amide bonds. The van der Waals surface area contributed by atoms with E-state index in [1.54, 1.807) is 55.4 Å². The van der Waals surface area contributed by atoms with Crippen molar-refractivity contribution in [1.82, 2.24) is 0 Å². The summed E-state index contributed by atoms with van der Waals surface area (Å²) in [4.78, 5) is 0. The highest BCUT2D eigenvalue weighted by atomic mass is 31.2. The average molecular weight is 400 g/mol. The van der Waals surface area contributed by atoms with Gasteiger partial charge in [0, 0.05) is 6.42 Å². The Morgan fingerprint density at radius 2 is 1.04 bits per heavy atom. The van der Waals surface area contributed by atoms with E-state index in [-0.39, 0.29) is 6.42 Å². The molecule has 0 heterocycles. The van der Waals surface area contributed by atoms with Crippen molar-refractivity contribution in [2.45, 2.75) is 91.3 Å². The molecule has 0 aliphatic carbocycles. The second-order valence-electron chi connectivity index (χ2n) is 6.88. The van der Waals surface area contributed by atoms with Gasteiger partial charge >= 0.3 is 15.2 Å². The molecule has 0 spiro atoms. The largest absolute Gasteiger partial charge is 0.375 e. The molecule has 0 saturated heterocycles. The molecule has 7 nitrogen and oxygen atoms in total. The minimum Gasteiger partial charge on any atom is -0.367 e. The lowest BCUT2D eigenvalue weighted by Crippen LogP contribution is -2.35. The van der Waals surface area contributed by atoms with Crippen LogP contribution < -0.4 is 0 Å². The molecule has 0 radical (unpaired) electrons. The molecule has 0 fully saturated rings. The predicted octanol–water partition coefficient (Wildman–Crippen LogP) is 5.29. The molecule has 0 atom stereocenters. The maximum Gasteiger partial charge on any atom is 0.375 e. The van der Waals surface area contributed by atoms with Crippen LogP contribution in [0, 0.1) is 0 Å². The summed E-state index contributed by atoms with van der Waals surface area (Å²) in [6.07, 6.45) is -1.25. The van der Waals surface area contributed by atoms with Crippen LogP contribution in [0.25, 0.3) is 0 Å². The molecule has 25 heavy (non-hydrogen) atoms. The molecule has 1 N–H and O–H groups in total. The third-order valence-electron chi connectivity index (χ3n) is 2.69. The summed E-state index contributed by atoms with van der Waals surface area (Å²) in [5.41, 5.74) is 0. The SMILES string of the molecule is C=CCC(O)(P(=O)(OC(C)C)OC(C)C)P(=O)(OC(C)C)OC(C)C. The molecule has 150 valence electrons. The van der Waals surface area contributed by atoms with Crippen molar-refractivity contribution in [2.24, 2.45) is 0 Å². The van der Waals surface area contributed by atoms with Gasteiger partial charge in [-0.05, 0) is 55.4 Å². The Morgan fingerprint density at radius 3 is 1.20 bits per heavy atom. The van der Waals surface area contributed by atoms with Crippen molar-refractivity contribution in [3.8, 4) is 0 Å². The molecule has 0 bridgehead atoms. The lowest BCUT2D eigenvalue weighted by Gasteiger charge is -2.40. The van der Waals surface area contributed by atoms with E-state index in [9.17, 15) is 14.2 Å². The molecule has 0 unspecified atom stereocenters. The minimum absolute atomic E-state index is 0.347. The Bertz CT molecular complexity index is 449. The summed E-state index contributed by atoms with van der Waals surface area (Å²) in [5.74, 6) is 0. The van der Waals surface area contributed by atoms with Crippen LogP contribution in [-0.4, -0.2) is 34.6 Å². The van der Waals surface area contributed by atoms with Gasteiger partial charge in [-0.3, -0.25) is 9.13 Å². The average Bonchev–Trinajstić information content (AvgIpc) is 2.34. The van der Waals surface area contributed by atoms with Gasteiger partial charge in [0.15, 0.2) is 0 Å². The summed E-state index contributed by atoms with van der Waals surface area (Å²) in [6, 6.07) is 0. The molecule has 0 saturated carbocycles. The zero-order valence-electron chi connectivity index (χ0n) is 16.6. The van der Waals surface area contributed by atoms with E-state index in [1.165, 1.54) is 6.08 Å². The Morgan fingerprint density at radius 1 is 0.800 bits per heavy atom. The zero-order chi connectivity index (χ0) is 20.1. The highest BCUT2D eigenvalue weighted by Crippen LogP contribution is 2.79. The van der Waals surface area contributed by atoms with Gasteiger partial charge in [-0.15, -0.1) is 6.58 Å². The van der Waals surface area contributed by atoms with E-state index in [4.69, 9.17) is 18.1 Å². The summed E-state index contributed by atoms with van der Waals surface area (Å²) in [5, 5.41) is 8.84. The maximum absolute atomic E-state index is 13.6. The first-order chi connectivity index (χ1) is 11.2. The number of hydrogen-bond donors (Lipinski definition) is 1. The lowest BCUT2D eigenvalue weighted by molar-refractivity contribution is 0.0472. The topological polar surface area (TPSA) is 91.3 Å². The Hall–Kier alpha value is -0.0000000000000000416. The zero-order valence-corrected chi connectivity index (χ0v) is 18.4. The van der Waals surface area contributed by atoms with Gasteiger partial charge in [0.25, 0.3) is 5.08 Å². The summed E-state index contributed by atoms with van der Waals surface area (Å²) < 4.78 is 49.1. The number of rotatable bonds is 12. The standard InChI is InChI=1S/C16H34O7P2/c1-10-11-16(17,24(18,20-12(2)3)21-13(4)5)25(19,22-14(6)7)23-15(8)9/h10,12-15,17H,1,11H2,2-9H3. The monoisotopic (exact) mass is 400 g/mol. The predicted molar refractivity (Wildman–Crippen MR) is 99.9 cm³/mol. The van der Waals surface area contributed by atoms with Crippen molar-refractivity contribution in [2.75, 3.05) is 0 Å². The van der Waals surface area contributed by atoms with Crippen molar-refractivity contribution in [3.63, 3.8) is 0 Å². The smallest absolute Gasteiger partial charge is 0.367 e. The van der Waals surface area contributed by atoms with Crippen LogP contribution in [0.2, 0.25) is 0 Å². The highest BCUT2D eigenvalue weighted by Gasteiger charge is 2.65. The van der Waals surface area contributed by atoms with E-state index in [0.29, 0.717) is 0 Å². The van der Waals surface area contributed by atoms with Crippen molar-refractivity contribution < 1.29 is 32.3 Å². The van der Waals surface area contributed by atoms with Crippen LogP contribution in [0.4, 0.5) is 0 Å².